The van der Waals surface area contributed by atoms with Crippen LogP contribution in [-0.2, 0) is 15.8 Å². The molecule has 0 fully saturated rings. The third-order valence-electron chi connectivity index (χ3n) is 5.85. The van der Waals surface area contributed by atoms with Crippen molar-refractivity contribution >= 4 is 17.6 Å². The van der Waals surface area contributed by atoms with E-state index >= 15 is 0 Å². The van der Waals surface area contributed by atoms with E-state index in [0.29, 0.717) is 24.4 Å². The van der Waals surface area contributed by atoms with E-state index in [1.807, 2.05) is 75.4 Å². The van der Waals surface area contributed by atoms with Gasteiger partial charge in [0.25, 0.3) is 0 Å². The summed E-state index contributed by atoms with van der Waals surface area (Å²) in [5.41, 5.74) is -0.132. The van der Waals surface area contributed by atoms with Crippen LogP contribution in [0.25, 0.3) is 0 Å². The van der Waals surface area contributed by atoms with Crippen LogP contribution in [0, 0.1) is 0 Å². The van der Waals surface area contributed by atoms with Gasteiger partial charge in [-0.1, -0.05) is 87.7 Å². The zero-order chi connectivity index (χ0) is 21.5. The van der Waals surface area contributed by atoms with Crippen molar-refractivity contribution in [2.75, 3.05) is 6.54 Å². The Morgan fingerprint density at radius 1 is 1.10 bits per heavy atom. The lowest BCUT2D eigenvalue weighted by Crippen LogP contribution is -2.48. The molecule has 0 aliphatic rings. The molecule has 0 aliphatic carbocycles. The number of rotatable bonds is 11. The number of hydrogen-bond acceptors (Lipinski definition) is 3. The molecular weight excluding hydrogens is 386 g/mol. The summed E-state index contributed by atoms with van der Waals surface area (Å²) < 4.78 is 0. The van der Waals surface area contributed by atoms with Crippen LogP contribution in [0.4, 0.5) is 0 Å². The normalized spacial score (nSPS) is 14.9. The van der Waals surface area contributed by atoms with Crippen molar-refractivity contribution in [2.24, 2.45) is 0 Å². The van der Waals surface area contributed by atoms with Gasteiger partial charge >= 0.3 is 5.97 Å². The Bertz CT molecular complexity index is 794. The summed E-state index contributed by atoms with van der Waals surface area (Å²) in [5.74, 6) is -0.851. The van der Waals surface area contributed by atoms with Gasteiger partial charge in [-0.25, -0.2) is 0 Å². The standard InChI is InChI=1S/C24H32ClNO3/c1-4-5-14-21(22(27)28)26-16-15-24(29,18-10-7-6-8-11-18)23(2,3)19-12-9-13-20(25)17-19/h6-13,17,21,26,29H,4-5,14-16H2,1-3H3,(H,27,28)/t21-,24?/m0/s1. The van der Waals surface area contributed by atoms with Gasteiger partial charge in [-0.15, -0.1) is 0 Å². The Labute approximate surface area is 178 Å². The minimum atomic E-state index is -1.21. The van der Waals surface area contributed by atoms with E-state index in [-0.39, 0.29) is 0 Å². The van der Waals surface area contributed by atoms with Crippen molar-refractivity contribution in [1.82, 2.24) is 5.32 Å². The lowest BCUT2D eigenvalue weighted by atomic mass is 9.65. The Kier molecular flexibility index (Phi) is 8.26. The van der Waals surface area contributed by atoms with Crippen LogP contribution < -0.4 is 5.32 Å². The number of carboxylic acids is 1. The van der Waals surface area contributed by atoms with E-state index < -0.39 is 23.0 Å². The molecule has 1 unspecified atom stereocenters. The van der Waals surface area contributed by atoms with Crippen molar-refractivity contribution in [3.8, 4) is 0 Å². The molecule has 0 saturated heterocycles. The summed E-state index contributed by atoms with van der Waals surface area (Å²) in [5, 5.41) is 25.2. The number of aliphatic hydroxyl groups is 1. The van der Waals surface area contributed by atoms with Crippen molar-refractivity contribution in [1.29, 1.82) is 0 Å². The zero-order valence-electron chi connectivity index (χ0n) is 17.5. The second kappa shape index (κ2) is 10.2. The molecule has 2 aromatic carbocycles. The molecule has 29 heavy (non-hydrogen) atoms. The number of benzene rings is 2. The minimum absolute atomic E-state index is 0.367. The summed E-state index contributed by atoms with van der Waals surface area (Å²) in [6, 6.07) is 16.5. The van der Waals surface area contributed by atoms with Crippen LogP contribution in [0.3, 0.4) is 0 Å². The number of carbonyl (C=O) groups is 1. The number of nitrogens with one attached hydrogen (secondary N) is 1. The summed E-state index contributed by atoms with van der Waals surface area (Å²) >= 11 is 6.22. The van der Waals surface area contributed by atoms with E-state index in [9.17, 15) is 15.0 Å². The summed E-state index contributed by atoms with van der Waals surface area (Å²) in [4.78, 5) is 11.5. The third-order valence-corrected chi connectivity index (χ3v) is 6.09. The first-order chi connectivity index (χ1) is 13.7. The van der Waals surface area contributed by atoms with Crippen LogP contribution >= 0.6 is 11.6 Å². The maximum atomic E-state index is 12.0. The van der Waals surface area contributed by atoms with Gasteiger partial charge in [-0.3, -0.25) is 4.79 Å². The molecule has 4 nitrogen and oxygen atoms in total. The molecule has 0 aliphatic heterocycles. The van der Waals surface area contributed by atoms with Gasteiger partial charge in [0.05, 0.1) is 5.60 Å². The molecule has 2 rings (SSSR count). The van der Waals surface area contributed by atoms with Crippen molar-refractivity contribution in [2.45, 2.75) is 63.5 Å². The van der Waals surface area contributed by atoms with Crippen LogP contribution in [0.1, 0.15) is 57.6 Å². The lowest BCUT2D eigenvalue weighted by Gasteiger charge is -2.44. The van der Waals surface area contributed by atoms with Gasteiger partial charge in [-0.05, 0) is 42.6 Å². The largest absolute Gasteiger partial charge is 0.480 e. The molecule has 0 radical (unpaired) electrons. The molecule has 2 aromatic rings. The second-order valence-corrected chi connectivity index (χ2v) is 8.54. The van der Waals surface area contributed by atoms with Crippen LogP contribution in [0.5, 0.6) is 0 Å². The maximum Gasteiger partial charge on any atom is 0.320 e. The highest BCUT2D eigenvalue weighted by atomic mass is 35.5. The lowest BCUT2D eigenvalue weighted by molar-refractivity contribution is -0.139. The molecule has 0 aromatic heterocycles. The zero-order valence-corrected chi connectivity index (χ0v) is 18.2. The molecule has 5 heteroatoms. The predicted octanol–water partition coefficient (Wildman–Crippen LogP) is 5.13. The van der Waals surface area contributed by atoms with Gasteiger partial charge in [0.2, 0.25) is 0 Å². The van der Waals surface area contributed by atoms with Gasteiger partial charge in [0.15, 0.2) is 0 Å². The molecule has 3 N–H and O–H groups in total. The SMILES string of the molecule is CCCC[C@H](NCCC(O)(c1ccccc1)C(C)(C)c1cccc(Cl)c1)C(=O)O. The molecule has 0 bridgehead atoms. The molecule has 0 spiro atoms. The van der Waals surface area contributed by atoms with Gasteiger partial charge in [0, 0.05) is 10.4 Å². The number of aliphatic carboxylic acids is 1. The summed E-state index contributed by atoms with van der Waals surface area (Å²) in [6.45, 7) is 6.42. The monoisotopic (exact) mass is 417 g/mol. The highest BCUT2D eigenvalue weighted by Gasteiger charge is 2.45. The number of carboxylic acid groups (broad SMARTS) is 1. The Hall–Kier alpha value is -1.88. The molecule has 158 valence electrons. The molecule has 2 atom stereocenters. The average molecular weight is 418 g/mol. The predicted molar refractivity (Wildman–Crippen MR) is 118 cm³/mol. The number of unbranched alkanes of at least 4 members (excludes halogenated alkanes) is 1. The topological polar surface area (TPSA) is 69.6 Å². The van der Waals surface area contributed by atoms with E-state index in [1.54, 1.807) is 0 Å². The fourth-order valence-corrected chi connectivity index (χ4v) is 3.99. The summed E-state index contributed by atoms with van der Waals surface area (Å²) in [6.07, 6.45) is 2.74. The van der Waals surface area contributed by atoms with Gasteiger partial charge in [0.1, 0.15) is 6.04 Å². The maximum absolute atomic E-state index is 12.0. The van der Waals surface area contributed by atoms with Crippen LogP contribution in [0.15, 0.2) is 54.6 Å². The number of hydrogen-bond donors (Lipinski definition) is 3. The first-order valence-electron chi connectivity index (χ1n) is 10.2. The smallest absolute Gasteiger partial charge is 0.320 e. The summed E-state index contributed by atoms with van der Waals surface area (Å²) in [7, 11) is 0. The molecule has 0 amide bonds. The van der Waals surface area contributed by atoms with Crippen molar-refractivity contribution in [3.05, 3.63) is 70.7 Å². The van der Waals surface area contributed by atoms with Crippen molar-refractivity contribution in [3.63, 3.8) is 0 Å². The highest BCUT2D eigenvalue weighted by Crippen LogP contribution is 2.45. The van der Waals surface area contributed by atoms with Crippen molar-refractivity contribution < 1.29 is 15.0 Å². The van der Waals surface area contributed by atoms with Crippen LogP contribution in [0.2, 0.25) is 5.02 Å². The minimum Gasteiger partial charge on any atom is -0.480 e. The molecule has 0 saturated carbocycles. The Morgan fingerprint density at radius 3 is 2.34 bits per heavy atom. The van der Waals surface area contributed by atoms with E-state index in [2.05, 4.69) is 5.32 Å². The average Bonchev–Trinajstić information content (AvgIpc) is 2.70. The Balaban J connectivity index is 2.31. The molecule has 0 heterocycles. The van der Waals surface area contributed by atoms with Crippen LogP contribution in [-0.4, -0.2) is 28.8 Å². The highest BCUT2D eigenvalue weighted by molar-refractivity contribution is 6.30. The fourth-order valence-electron chi connectivity index (χ4n) is 3.80. The molecular formula is C24H32ClNO3. The fraction of sp³-hybridized carbons (Fsp3) is 0.458. The first kappa shape index (κ1) is 23.4. The first-order valence-corrected chi connectivity index (χ1v) is 10.6. The number of halogens is 1. The van der Waals surface area contributed by atoms with Gasteiger partial charge < -0.3 is 15.5 Å². The van der Waals surface area contributed by atoms with E-state index in [1.165, 1.54) is 0 Å². The quantitative estimate of drug-likeness (QED) is 0.474. The van der Waals surface area contributed by atoms with E-state index in [4.69, 9.17) is 11.6 Å². The Morgan fingerprint density at radius 2 is 1.76 bits per heavy atom. The van der Waals surface area contributed by atoms with Gasteiger partial charge in [-0.2, -0.15) is 0 Å². The third kappa shape index (κ3) is 5.59. The van der Waals surface area contributed by atoms with E-state index in [0.717, 1.165) is 24.0 Å². The second-order valence-electron chi connectivity index (χ2n) is 8.10.